The van der Waals surface area contributed by atoms with Crippen LogP contribution in [0, 0.1) is 6.92 Å². The van der Waals surface area contributed by atoms with E-state index in [1.54, 1.807) is 12.1 Å². The van der Waals surface area contributed by atoms with Gasteiger partial charge in [-0.25, -0.2) is 9.59 Å². The van der Waals surface area contributed by atoms with Crippen molar-refractivity contribution in [1.82, 2.24) is 5.32 Å². The molecular formula is C16H16N2O3. The van der Waals surface area contributed by atoms with Crippen molar-refractivity contribution >= 4 is 17.7 Å². The predicted molar refractivity (Wildman–Crippen MR) is 80.4 cm³/mol. The topological polar surface area (TPSA) is 78.4 Å². The minimum Gasteiger partial charge on any atom is -0.478 e. The average Bonchev–Trinajstić information content (AvgIpc) is 2.48. The number of carboxylic acid groups (broad SMARTS) is 1. The molecular weight excluding hydrogens is 268 g/mol. The molecule has 2 rings (SSSR count). The number of amides is 2. The third kappa shape index (κ3) is 4.07. The Morgan fingerprint density at radius 2 is 1.71 bits per heavy atom. The van der Waals surface area contributed by atoms with Crippen molar-refractivity contribution < 1.29 is 14.7 Å². The van der Waals surface area contributed by atoms with E-state index in [-0.39, 0.29) is 11.6 Å². The first-order valence-corrected chi connectivity index (χ1v) is 6.49. The number of carbonyl (C=O) groups is 2. The largest absolute Gasteiger partial charge is 0.478 e. The van der Waals surface area contributed by atoms with Gasteiger partial charge in [0.25, 0.3) is 0 Å². The number of aryl methyl sites for hydroxylation is 1. The van der Waals surface area contributed by atoms with Crippen molar-refractivity contribution in [2.45, 2.75) is 13.5 Å². The maximum atomic E-state index is 11.8. The summed E-state index contributed by atoms with van der Waals surface area (Å²) >= 11 is 0. The molecule has 0 radical (unpaired) electrons. The summed E-state index contributed by atoms with van der Waals surface area (Å²) in [6, 6.07) is 13.6. The van der Waals surface area contributed by atoms with Gasteiger partial charge in [0, 0.05) is 12.2 Å². The molecule has 2 aromatic rings. The molecule has 0 spiro atoms. The molecule has 5 nitrogen and oxygen atoms in total. The van der Waals surface area contributed by atoms with Gasteiger partial charge in [0.15, 0.2) is 0 Å². The van der Waals surface area contributed by atoms with E-state index in [1.807, 2.05) is 31.2 Å². The molecule has 0 saturated carbocycles. The van der Waals surface area contributed by atoms with Gasteiger partial charge in [0.1, 0.15) is 0 Å². The Hall–Kier alpha value is -2.82. The number of anilines is 1. The number of rotatable bonds is 4. The van der Waals surface area contributed by atoms with Crippen LogP contribution < -0.4 is 10.6 Å². The summed E-state index contributed by atoms with van der Waals surface area (Å²) in [5.74, 6) is -0.966. The lowest BCUT2D eigenvalue weighted by atomic mass is 10.1. The monoisotopic (exact) mass is 284 g/mol. The summed E-state index contributed by atoms with van der Waals surface area (Å²) in [6.07, 6.45) is 0. The highest BCUT2D eigenvalue weighted by Crippen LogP contribution is 2.12. The van der Waals surface area contributed by atoms with E-state index in [0.29, 0.717) is 6.54 Å². The van der Waals surface area contributed by atoms with Gasteiger partial charge in [-0.2, -0.15) is 0 Å². The summed E-state index contributed by atoms with van der Waals surface area (Å²) < 4.78 is 0. The van der Waals surface area contributed by atoms with Crippen LogP contribution in [0.3, 0.4) is 0 Å². The first-order valence-electron chi connectivity index (χ1n) is 6.49. The number of carbonyl (C=O) groups excluding carboxylic acids is 1. The van der Waals surface area contributed by atoms with E-state index < -0.39 is 5.97 Å². The number of hydrogen-bond donors (Lipinski definition) is 3. The Morgan fingerprint density at radius 1 is 1.05 bits per heavy atom. The third-order valence-electron chi connectivity index (χ3n) is 3.05. The van der Waals surface area contributed by atoms with E-state index in [2.05, 4.69) is 10.6 Å². The molecule has 0 aliphatic carbocycles. The summed E-state index contributed by atoms with van der Waals surface area (Å²) in [5.41, 5.74) is 2.80. The van der Waals surface area contributed by atoms with Crippen molar-refractivity contribution in [2.75, 3.05) is 5.32 Å². The van der Waals surface area contributed by atoms with Crippen LogP contribution >= 0.6 is 0 Å². The van der Waals surface area contributed by atoms with Crippen molar-refractivity contribution in [3.8, 4) is 0 Å². The van der Waals surface area contributed by atoms with Gasteiger partial charge >= 0.3 is 12.0 Å². The number of benzene rings is 2. The third-order valence-corrected chi connectivity index (χ3v) is 3.05. The van der Waals surface area contributed by atoms with Gasteiger partial charge in [0.2, 0.25) is 0 Å². The van der Waals surface area contributed by atoms with Crippen LogP contribution in [-0.2, 0) is 6.54 Å². The fourth-order valence-corrected chi connectivity index (χ4v) is 1.83. The minimum absolute atomic E-state index is 0.225. The molecule has 0 saturated heterocycles. The number of para-hydroxylation sites is 1. The quantitative estimate of drug-likeness (QED) is 0.807. The maximum Gasteiger partial charge on any atom is 0.335 e. The predicted octanol–water partition coefficient (Wildman–Crippen LogP) is 3.01. The second-order valence-electron chi connectivity index (χ2n) is 4.62. The Balaban J connectivity index is 1.89. The SMILES string of the molecule is Cc1ccccc1NC(=O)NCc1ccc(C(=O)O)cc1. The second-order valence-corrected chi connectivity index (χ2v) is 4.62. The molecule has 0 aromatic heterocycles. The average molecular weight is 284 g/mol. The molecule has 0 fully saturated rings. The van der Waals surface area contributed by atoms with Crippen molar-refractivity contribution in [1.29, 1.82) is 0 Å². The Kier molecular flexibility index (Phi) is 4.56. The highest BCUT2D eigenvalue weighted by atomic mass is 16.4. The molecule has 21 heavy (non-hydrogen) atoms. The van der Waals surface area contributed by atoms with Crippen LogP contribution in [0.1, 0.15) is 21.5 Å². The number of aromatic carboxylic acids is 1. The van der Waals surface area contributed by atoms with Crippen molar-refractivity contribution in [3.63, 3.8) is 0 Å². The van der Waals surface area contributed by atoms with Crippen molar-refractivity contribution in [2.24, 2.45) is 0 Å². The highest BCUT2D eigenvalue weighted by molar-refractivity contribution is 5.90. The number of nitrogens with one attached hydrogen (secondary N) is 2. The molecule has 2 aromatic carbocycles. The molecule has 0 aliphatic heterocycles. The standard InChI is InChI=1S/C16H16N2O3/c1-11-4-2-3-5-14(11)18-16(21)17-10-12-6-8-13(9-7-12)15(19)20/h2-9H,10H2,1H3,(H,19,20)(H2,17,18,21). The van der Waals surface area contributed by atoms with Crippen LogP contribution in [0.25, 0.3) is 0 Å². The molecule has 3 N–H and O–H groups in total. The van der Waals surface area contributed by atoms with E-state index in [4.69, 9.17) is 5.11 Å². The van der Waals surface area contributed by atoms with E-state index >= 15 is 0 Å². The van der Waals surface area contributed by atoms with Gasteiger partial charge in [0.05, 0.1) is 5.56 Å². The van der Waals surface area contributed by atoms with Crippen LogP contribution in [0.15, 0.2) is 48.5 Å². The zero-order chi connectivity index (χ0) is 15.2. The highest BCUT2D eigenvalue weighted by Gasteiger charge is 2.05. The second kappa shape index (κ2) is 6.56. The lowest BCUT2D eigenvalue weighted by molar-refractivity contribution is 0.0697. The van der Waals surface area contributed by atoms with E-state index in [0.717, 1.165) is 16.8 Å². The van der Waals surface area contributed by atoms with Gasteiger partial charge < -0.3 is 15.7 Å². The fraction of sp³-hybridized carbons (Fsp3) is 0.125. The number of carboxylic acids is 1. The maximum absolute atomic E-state index is 11.8. The zero-order valence-corrected chi connectivity index (χ0v) is 11.6. The molecule has 0 aliphatic rings. The zero-order valence-electron chi connectivity index (χ0n) is 11.6. The van der Waals surface area contributed by atoms with Crippen LogP contribution in [0.4, 0.5) is 10.5 Å². The van der Waals surface area contributed by atoms with Crippen LogP contribution in [0.5, 0.6) is 0 Å². The smallest absolute Gasteiger partial charge is 0.335 e. The fourth-order valence-electron chi connectivity index (χ4n) is 1.83. The Labute approximate surface area is 122 Å². The Bertz CT molecular complexity index is 651. The number of urea groups is 1. The molecule has 0 atom stereocenters. The minimum atomic E-state index is -0.966. The molecule has 0 bridgehead atoms. The summed E-state index contributed by atoms with van der Waals surface area (Å²) in [6.45, 7) is 2.25. The molecule has 5 heteroatoms. The normalized spacial score (nSPS) is 9.95. The Morgan fingerprint density at radius 3 is 2.33 bits per heavy atom. The first-order chi connectivity index (χ1) is 10.1. The molecule has 0 unspecified atom stereocenters. The van der Waals surface area contributed by atoms with E-state index in [9.17, 15) is 9.59 Å². The molecule has 108 valence electrons. The van der Waals surface area contributed by atoms with Gasteiger partial charge in [-0.05, 0) is 36.2 Å². The first kappa shape index (κ1) is 14.6. The van der Waals surface area contributed by atoms with Crippen LogP contribution in [-0.4, -0.2) is 17.1 Å². The van der Waals surface area contributed by atoms with Gasteiger partial charge in [-0.1, -0.05) is 30.3 Å². The van der Waals surface area contributed by atoms with E-state index in [1.165, 1.54) is 12.1 Å². The summed E-state index contributed by atoms with van der Waals surface area (Å²) in [4.78, 5) is 22.5. The lowest BCUT2D eigenvalue weighted by Crippen LogP contribution is -2.28. The molecule has 2 amide bonds. The van der Waals surface area contributed by atoms with Crippen LogP contribution in [0.2, 0.25) is 0 Å². The number of hydrogen-bond acceptors (Lipinski definition) is 2. The summed E-state index contributed by atoms with van der Waals surface area (Å²) in [7, 11) is 0. The van der Waals surface area contributed by atoms with Gasteiger partial charge in [-0.3, -0.25) is 0 Å². The van der Waals surface area contributed by atoms with Crippen molar-refractivity contribution in [3.05, 3.63) is 65.2 Å². The van der Waals surface area contributed by atoms with Gasteiger partial charge in [-0.15, -0.1) is 0 Å². The lowest BCUT2D eigenvalue weighted by Gasteiger charge is -2.09. The molecule has 0 heterocycles. The summed E-state index contributed by atoms with van der Waals surface area (Å²) in [5, 5.41) is 14.3.